The lowest BCUT2D eigenvalue weighted by Gasteiger charge is -2.13. The van der Waals surface area contributed by atoms with Gasteiger partial charge in [-0.25, -0.2) is 8.78 Å². The predicted molar refractivity (Wildman–Crippen MR) is 77.7 cm³/mol. The second kappa shape index (κ2) is 6.95. The third kappa shape index (κ3) is 4.10. The minimum Gasteiger partial charge on any atom is -0.320 e. The largest absolute Gasteiger partial charge is 0.320 e. The van der Waals surface area contributed by atoms with Gasteiger partial charge in [0.1, 0.15) is 17.3 Å². The van der Waals surface area contributed by atoms with Crippen LogP contribution in [0.2, 0.25) is 0 Å². The molecule has 3 N–H and O–H groups in total. The maximum Gasteiger partial charge on any atom is 0.241 e. The lowest BCUT2D eigenvalue weighted by atomic mass is 10.1. The van der Waals surface area contributed by atoms with Crippen LogP contribution in [-0.2, 0) is 11.2 Å². The first kappa shape index (κ1) is 15.1. The van der Waals surface area contributed by atoms with E-state index in [4.69, 9.17) is 5.73 Å². The summed E-state index contributed by atoms with van der Waals surface area (Å²) in [5, 5.41) is 2.20. The summed E-state index contributed by atoms with van der Waals surface area (Å²) >= 11 is 0. The van der Waals surface area contributed by atoms with Crippen LogP contribution in [-0.4, -0.2) is 11.9 Å². The van der Waals surface area contributed by atoms with Gasteiger partial charge in [-0.1, -0.05) is 36.4 Å². The zero-order valence-corrected chi connectivity index (χ0v) is 11.4. The number of hydrogen-bond donors (Lipinski definition) is 2. The highest BCUT2D eigenvalue weighted by Crippen LogP contribution is 2.18. The lowest BCUT2D eigenvalue weighted by molar-refractivity contribution is -0.117. The number of nitrogens with one attached hydrogen (secondary N) is 1. The number of benzene rings is 2. The van der Waals surface area contributed by atoms with Crippen LogP contribution in [0.4, 0.5) is 14.5 Å². The summed E-state index contributed by atoms with van der Waals surface area (Å²) in [7, 11) is 0. The van der Waals surface area contributed by atoms with Crippen molar-refractivity contribution in [3.05, 3.63) is 65.7 Å². The normalized spacial score (nSPS) is 12.0. The molecule has 0 aliphatic heterocycles. The number of halogens is 2. The van der Waals surface area contributed by atoms with Crippen molar-refractivity contribution < 1.29 is 13.6 Å². The number of anilines is 1. The molecule has 2 aromatic rings. The van der Waals surface area contributed by atoms with Crippen molar-refractivity contribution in [2.24, 2.45) is 5.73 Å². The van der Waals surface area contributed by atoms with Crippen LogP contribution in [0.3, 0.4) is 0 Å². The second-order valence-electron chi connectivity index (χ2n) is 4.72. The van der Waals surface area contributed by atoms with Gasteiger partial charge in [0, 0.05) is 0 Å². The van der Waals surface area contributed by atoms with E-state index in [-0.39, 0.29) is 0 Å². The second-order valence-corrected chi connectivity index (χ2v) is 4.72. The van der Waals surface area contributed by atoms with E-state index in [1.165, 1.54) is 6.07 Å². The number of carbonyl (C=O) groups excluding carboxylic acids is 1. The Balaban J connectivity index is 1.94. The van der Waals surface area contributed by atoms with Crippen LogP contribution < -0.4 is 11.1 Å². The topological polar surface area (TPSA) is 55.1 Å². The Morgan fingerprint density at radius 2 is 1.67 bits per heavy atom. The van der Waals surface area contributed by atoms with Crippen LogP contribution in [0.25, 0.3) is 0 Å². The maximum atomic E-state index is 13.4. The van der Waals surface area contributed by atoms with Gasteiger partial charge >= 0.3 is 0 Å². The van der Waals surface area contributed by atoms with Gasteiger partial charge in [-0.3, -0.25) is 4.79 Å². The predicted octanol–water partition coefficient (Wildman–Crippen LogP) is 2.86. The van der Waals surface area contributed by atoms with E-state index in [2.05, 4.69) is 5.32 Å². The molecule has 3 nitrogen and oxygen atoms in total. The minimum absolute atomic E-state index is 0.395. The monoisotopic (exact) mass is 290 g/mol. The number of rotatable bonds is 5. The fraction of sp³-hybridized carbons (Fsp3) is 0.188. The summed E-state index contributed by atoms with van der Waals surface area (Å²) in [4.78, 5) is 11.9. The van der Waals surface area contributed by atoms with Crippen molar-refractivity contribution in [1.82, 2.24) is 0 Å². The molecular weight excluding hydrogens is 274 g/mol. The smallest absolute Gasteiger partial charge is 0.241 e. The van der Waals surface area contributed by atoms with Gasteiger partial charge < -0.3 is 11.1 Å². The molecule has 2 aromatic carbocycles. The molecule has 1 atom stereocenters. The van der Waals surface area contributed by atoms with Gasteiger partial charge in [0.05, 0.1) is 6.04 Å². The van der Waals surface area contributed by atoms with Gasteiger partial charge in [0.25, 0.3) is 0 Å². The van der Waals surface area contributed by atoms with E-state index >= 15 is 0 Å². The molecule has 0 radical (unpaired) electrons. The van der Waals surface area contributed by atoms with E-state index in [1.54, 1.807) is 0 Å². The Hall–Kier alpha value is -2.27. The molecule has 0 saturated heterocycles. The Morgan fingerprint density at radius 1 is 1.05 bits per heavy atom. The Kier molecular flexibility index (Phi) is 5.00. The molecule has 0 spiro atoms. The summed E-state index contributed by atoms with van der Waals surface area (Å²) in [5.74, 6) is -2.24. The Labute approximate surface area is 121 Å². The molecule has 0 heterocycles. The maximum absolute atomic E-state index is 13.4. The number of aryl methyl sites for hydroxylation is 1. The van der Waals surface area contributed by atoms with Gasteiger partial charge in [-0.15, -0.1) is 0 Å². The first-order chi connectivity index (χ1) is 10.1. The molecule has 0 fully saturated rings. The quantitative estimate of drug-likeness (QED) is 0.889. The third-order valence-corrected chi connectivity index (χ3v) is 3.13. The highest BCUT2D eigenvalue weighted by molar-refractivity contribution is 5.94. The SMILES string of the molecule is NC(CCc1ccccc1)C(=O)Nc1c(F)cccc1F. The number of amides is 1. The van der Waals surface area contributed by atoms with Crippen molar-refractivity contribution in [3.8, 4) is 0 Å². The summed E-state index contributed by atoms with van der Waals surface area (Å²) in [6.45, 7) is 0. The van der Waals surface area contributed by atoms with E-state index in [9.17, 15) is 13.6 Å². The number of hydrogen-bond acceptors (Lipinski definition) is 2. The van der Waals surface area contributed by atoms with Crippen LogP contribution in [0, 0.1) is 11.6 Å². The van der Waals surface area contributed by atoms with Crippen molar-refractivity contribution in [2.45, 2.75) is 18.9 Å². The fourth-order valence-corrected chi connectivity index (χ4v) is 1.93. The average molecular weight is 290 g/mol. The molecule has 0 aromatic heterocycles. The number of para-hydroxylation sites is 1. The van der Waals surface area contributed by atoms with Gasteiger partial charge in [-0.2, -0.15) is 0 Å². The van der Waals surface area contributed by atoms with Gasteiger partial charge in [0.15, 0.2) is 0 Å². The molecular formula is C16H16F2N2O. The standard InChI is InChI=1S/C16H16F2N2O/c17-12-7-4-8-13(18)15(12)20-16(21)14(19)10-9-11-5-2-1-3-6-11/h1-8,14H,9-10,19H2,(H,20,21). The molecule has 21 heavy (non-hydrogen) atoms. The summed E-state index contributed by atoms with van der Waals surface area (Å²) < 4.78 is 26.9. The Bertz CT molecular complexity index is 597. The minimum atomic E-state index is -0.829. The fourth-order valence-electron chi connectivity index (χ4n) is 1.93. The van der Waals surface area contributed by atoms with Crippen molar-refractivity contribution in [1.29, 1.82) is 0 Å². The Morgan fingerprint density at radius 3 is 2.29 bits per heavy atom. The lowest BCUT2D eigenvalue weighted by Crippen LogP contribution is -2.36. The molecule has 1 amide bonds. The van der Waals surface area contributed by atoms with E-state index in [0.717, 1.165) is 17.7 Å². The number of nitrogens with two attached hydrogens (primary N) is 1. The van der Waals surface area contributed by atoms with Crippen LogP contribution in [0.5, 0.6) is 0 Å². The van der Waals surface area contributed by atoms with E-state index in [0.29, 0.717) is 12.8 Å². The zero-order chi connectivity index (χ0) is 15.2. The molecule has 0 aliphatic rings. The molecule has 1 unspecified atom stereocenters. The summed E-state index contributed by atoms with van der Waals surface area (Å²) in [6.07, 6.45) is 1.01. The number of carbonyl (C=O) groups is 1. The molecule has 5 heteroatoms. The molecule has 0 bridgehead atoms. The van der Waals surface area contributed by atoms with Crippen LogP contribution in [0.15, 0.2) is 48.5 Å². The van der Waals surface area contributed by atoms with Crippen molar-refractivity contribution >= 4 is 11.6 Å². The highest BCUT2D eigenvalue weighted by Gasteiger charge is 2.17. The van der Waals surface area contributed by atoms with Crippen LogP contribution in [0.1, 0.15) is 12.0 Å². The van der Waals surface area contributed by atoms with Crippen molar-refractivity contribution in [2.75, 3.05) is 5.32 Å². The van der Waals surface area contributed by atoms with Crippen molar-refractivity contribution in [3.63, 3.8) is 0 Å². The first-order valence-electron chi connectivity index (χ1n) is 6.62. The summed E-state index contributed by atoms with van der Waals surface area (Å²) in [5.41, 5.74) is 6.35. The first-order valence-corrected chi connectivity index (χ1v) is 6.62. The molecule has 0 saturated carbocycles. The highest BCUT2D eigenvalue weighted by atomic mass is 19.1. The molecule has 110 valence electrons. The zero-order valence-electron chi connectivity index (χ0n) is 11.4. The average Bonchev–Trinajstić information content (AvgIpc) is 2.49. The van der Waals surface area contributed by atoms with Gasteiger partial charge in [0.2, 0.25) is 5.91 Å². The van der Waals surface area contributed by atoms with E-state index in [1.807, 2.05) is 30.3 Å². The van der Waals surface area contributed by atoms with Crippen LogP contribution >= 0.6 is 0 Å². The summed E-state index contributed by atoms with van der Waals surface area (Å²) in [6, 6.07) is 12.1. The molecule has 0 aliphatic carbocycles. The van der Waals surface area contributed by atoms with Gasteiger partial charge in [-0.05, 0) is 30.5 Å². The molecule has 2 rings (SSSR count). The van der Waals surface area contributed by atoms with E-state index < -0.39 is 29.3 Å². The third-order valence-electron chi connectivity index (χ3n) is 3.13.